The first-order chi connectivity index (χ1) is 7.31. The van der Waals surface area contributed by atoms with Crippen molar-refractivity contribution in [1.82, 2.24) is 9.97 Å². The molecule has 0 aliphatic carbocycles. The zero-order valence-electron chi connectivity index (χ0n) is 9.42. The summed E-state index contributed by atoms with van der Waals surface area (Å²) in [5.74, 6) is 1.95. The van der Waals surface area contributed by atoms with Crippen LogP contribution in [-0.4, -0.2) is 29.3 Å². The lowest BCUT2D eigenvalue weighted by Crippen LogP contribution is -2.10. The number of imidazole rings is 1. The average Bonchev–Trinajstić information content (AvgIpc) is 2.69. The first-order valence-corrected chi connectivity index (χ1v) is 6.62. The van der Waals surface area contributed by atoms with Gasteiger partial charge < -0.3 is 16.0 Å². The van der Waals surface area contributed by atoms with Crippen molar-refractivity contribution in [3.8, 4) is 0 Å². The molecule has 5 heteroatoms. The second-order valence-corrected chi connectivity index (χ2v) is 4.46. The third kappa shape index (κ3) is 3.76. The highest BCUT2D eigenvalue weighted by Gasteiger charge is 2.11. The van der Waals surface area contributed by atoms with Crippen molar-refractivity contribution in [2.45, 2.75) is 25.0 Å². The minimum atomic E-state index is 0.270. The topological polar surface area (TPSA) is 66.7 Å². The summed E-state index contributed by atoms with van der Waals surface area (Å²) in [5, 5.41) is 3.57. The third-order valence-electron chi connectivity index (χ3n) is 2.24. The molecule has 0 spiro atoms. The number of nitrogens with one attached hydrogen (secondary N) is 2. The van der Waals surface area contributed by atoms with Crippen LogP contribution >= 0.6 is 11.8 Å². The molecule has 1 heterocycles. The number of H-pyrrole nitrogens is 1. The smallest absolute Gasteiger partial charge is 0.123 e. The van der Waals surface area contributed by atoms with E-state index in [1.54, 1.807) is 11.8 Å². The van der Waals surface area contributed by atoms with Crippen LogP contribution in [0.2, 0.25) is 0 Å². The van der Waals surface area contributed by atoms with Gasteiger partial charge in [0.2, 0.25) is 0 Å². The first kappa shape index (κ1) is 12.4. The summed E-state index contributed by atoms with van der Waals surface area (Å²) in [6.45, 7) is 3.78. The van der Waals surface area contributed by atoms with Gasteiger partial charge >= 0.3 is 0 Å². The van der Waals surface area contributed by atoms with Crippen LogP contribution in [0.25, 0.3) is 0 Å². The maximum absolute atomic E-state index is 5.64. The number of thioether (sulfide) groups is 1. The standard InChI is InChI=1S/C10H20N4S/c1-3-4-5-12-9-7-13-10(14-9)8(6-11)15-2/h7-8,12H,3-6,11H2,1-2H3,(H,13,14). The Morgan fingerprint density at radius 3 is 3.07 bits per heavy atom. The zero-order chi connectivity index (χ0) is 11.1. The average molecular weight is 228 g/mol. The van der Waals surface area contributed by atoms with E-state index in [0.717, 1.165) is 18.2 Å². The fraction of sp³-hybridized carbons (Fsp3) is 0.700. The van der Waals surface area contributed by atoms with E-state index >= 15 is 0 Å². The second kappa shape index (κ2) is 6.74. The number of rotatable bonds is 7. The van der Waals surface area contributed by atoms with E-state index in [4.69, 9.17) is 5.73 Å². The zero-order valence-corrected chi connectivity index (χ0v) is 10.2. The number of hydrogen-bond acceptors (Lipinski definition) is 4. The summed E-state index contributed by atoms with van der Waals surface area (Å²) < 4.78 is 0. The Balaban J connectivity index is 2.47. The Morgan fingerprint density at radius 2 is 2.47 bits per heavy atom. The number of aromatic amines is 1. The molecule has 0 fully saturated rings. The molecular weight excluding hydrogens is 208 g/mol. The van der Waals surface area contributed by atoms with E-state index in [9.17, 15) is 0 Å². The molecule has 15 heavy (non-hydrogen) atoms. The largest absolute Gasteiger partial charge is 0.370 e. The third-order valence-corrected chi connectivity index (χ3v) is 3.23. The summed E-state index contributed by atoms with van der Waals surface area (Å²) in [6.07, 6.45) is 6.26. The fourth-order valence-corrected chi connectivity index (χ4v) is 1.84. The molecule has 0 radical (unpaired) electrons. The van der Waals surface area contributed by atoms with Crippen molar-refractivity contribution < 1.29 is 0 Å². The quantitative estimate of drug-likeness (QED) is 0.624. The molecule has 4 nitrogen and oxygen atoms in total. The number of aromatic nitrogens is 2. The minimum Gasteiger partial charge on any atom is -0.370 e. The van der Waals surface area contributed by atoms with Gasteiger partial charge in [0.15, 0.2) is 0 Å². The number of unbranched alkanes of at least 4 members (excludes halogenated alkanes) is 1. The molecule has 0 aliphatic heterocycles. The van der Waals surface area contributed by atoms with Crippen LogP contribution in [0.5, 0.6) is 0 Å². The molecular formula is C10H20N4S. The molecule has 1 unspecified atom stereocenters. The van der Waals surface area contributed by atoms with Crippen LogP contribution in [0.1, 0.15) is 30.8 Å². The molecule has 1 aromatic heterocycles. The van der Waals surface area contributed by atoms with Gasteiger partial charge in [-0.1, -0.05) is 13.3 Å². The van der Waals surface area contributed by atoms with Gasteiger partial charge in [-0.15, -0.1) is 0 Å². The van der Waals surface area contributed by atoms with Gasteiger partial charge in [0.1, 0.15) is 11.6 Å². The number of hydrogen-bond donors (Lipinski definition) is 3. The molecule has 0 aliphatic rings. The van der Waals surface area contributed by atoms with Crippen molar-refractivity contribution in [3.05, 3.63) is 12.0 Å². The van der Waals surface area contributed by atoms with Gasteiger partial charge in [-0.25, -0.2) is 4.98 Å². The van der Waals surface area contributed by atoms with Crippen molar-refractivity contribution in [2.24, 2.45) is 5.73 Å². The Morgan fingerprint density at radius 1 is 1.67 bits per heavy atom. The van der Waals surface area contributed by atoms with E-state index in [-0.39, 0.29) is 5.25 Å². The van der Waals surface area contributed by atoms with Crippen LogP contribution in [0, 0.1) is 0 Å². The summed E-state index contributed by atoms with van der Waals surface area (Å²) in [5.41, 5.74) is 5.64. The van der Waals surface area contributed by atoms with Crippen LogP contribution in [0.4, 0.5) is 5.82 Å². The van der Waals surface area contributed by atoms with Gasteiger partial charge in [0.05, 0.1) is 11.4 Å². The summed E-state index contributed by atoms with van der Waals surface area (Å²) in [4.78, 5) is 7.57. The molecule has 0 bridgehead atoms. The van der Waals surface area contributed by atoms with E-state index < -0.39 is 0 Å². The monoisotopic (exact) mass is 228 g/mol. The molecule has 0 amide bonds. The molecule has 0 saturated heterocycles. The van der Waals surface area contributed by atoms with Crippen LogP contribution in [0.3, 0.4) is 0 Å². The lowest BCUT2D eigenvalue weighted by molar-refractivity contribution is 0.829. The summed E-state index contributed by atoms with van der Waals surface area (Å²) in [6, 6.07) is 0. The van der Waals surface area contributed by atoms with Crippen molar-refractivity contribution in [2.75, 3.05) is 24.7 Å². The lowest BCUT2D eigenvalue weighted by atomic mass is 10.3. The maximum atomic E-state index is 5.64. The van der Waals surface area contributed by atoms with Gasteiger partial charge in [0.25, 0.3) is 0 Å². The van der Waals surface area contributed by atoms with Gasteiger partial charge in [-0.3, -0.25) is 0 Å². The highest BCUT2D eigenvalue weighted by Crippen LogP contribution is 2.23. The molecule has 4 N–H and O–H groups in total. The lowest BCUT2D eigenvalue weighted by Gasteiger charge is -2.07. The first-order valence-electron chi connectivity index (χ1n) is 5.33. The van der Waals surface area contributed by atoms with Gasteiger partial charge in [-0.05, 0) is 12.7 Å². The molecule has 0 saturated carbocycles. The van der Waals surface area contributed by atoms with Gasteiger partial charge in [-0.2, -0.15) is 11.8 Å². The van der Waals surface area contributed by atoms with Crippen LogP contribution in [0.15, 0.2) is 6.20 Å². The Bertz CT molecular complexity index is 270. The summed E-state index contributed by atoms with van der Waals surface area (Å²) >= 11 is 1.72. The van der Waals surface area contributed by atoms with Crippen molar-refractivity contribution in [1.29, 1.82) is 0 Å². The van der Waals surface area contributed by atoms with Gasteiger partial charge in [0, 0.05) is 13.1 Å². The minimum absolute atomic E-state index is 0.270. The highest BCUT2D eigenvalue weighted by molar-refractivity contribution is 7.98. The number of nitrogens with two attached hydrogens (primary N) is 1. The Labute approximate surface area is 95.4 Å². The maximum Gasteiger partial charge on any atom is 0.123 e. The van der Waals surface area contributed by atoms with Crippen molar-refractivity contribution in [3.63, 3.8) is 0 Å². The molecule has 1 rings (SSSR count). The van der Waals surface area contributed by atoms with E-state index in [0.29, 0.717) is 6.54 Å². The Hall–Kier alpha value is -0.680. The number of nitrogens with zero attached hydrogens (tertiary/aromatic N) is 1. The Kier molecular flexibility index (Phi) is 5.57. The van der Waals surface area contributed by atoms with Crippen LogP contribution in [-0.2, 0) is 0 Å². The SMILES string of the molecule is CCCCNc1cnc(C(CN)SC)[nH]1. The predicted octanol–water partition coefficient (Wildman–Crippen LogP) is 1.98. The van der Waals surface area contributed by atoms with E-state index in [1.165, 1.54) is 12.8 Å². The van der Waals surface area contributed by atoms with E-state index in [1.807, 2.05) is 12.5 Å². The normalized spacial score (nSPS) is 12.7. The predicted molar refractivity (Wildman–Crippen MR) is 67.3 cm³/mol. The fourth-order valence-electron chi connectivity index (χ4n) is 1.31. The highest BCUT2D eigenvalue weighted by atomic mass is 32.2. The number of anilines is 1. The van der Waals surface area contributed by atoms with Crippen LogP contribution < -0.4 is 11.1 Å². The second-order valence-electron chi connectivity index (χ2n) is 3.42. The molecule has 0 aromatic carbocycles. The molecule has 86 valence electrons. The molecule has 1 atom stereocenters. The molecule has 1 aromatic rings. The van der Waals surface area contributed by atoms with Crippen molar-refractivity contribution >= 4 is 17.6 Å². The van der Waals surface area contributed by atoms with E-state index in [2.05, 4.69) is 22.2 Å². The summed E-state index contributed by atoms with van der Waals surface area (Å²) in [7, 11) is 0.